The van der Waals surface area contributed by atoms with E-state index in [1.54, 1.807) is 62.4 Å². The summed E-state index contributed by atoms with van der Waals surface area (Å²) in [5.74, 6) is -0.316. The van der Waals surface area contributed by atoms with Crippen molar-refractivity contribution in [2.75, 3.05) is 20.3 Å². The molecule has 3 aromatic carbocycles. The number of esters is 1. The van der Waals surface area contributed by atoms with Gasteiger partial charge in [-0.05, 0) is 93.8 Å². The maximum absolute atomic E-state index is 13.9. The third-order valence-electron chi connectivity index (χ3n) is 6.40. The Kier molecular flexibility index (Phi) is 11.8. The Morgan fingerprint density at radius 1 is 1.13 bits per heavy atom. The minimum Gasteiger partial charge on any atom is -0.493 e. The van der Waals surface area contributed by atoms with Crippen LogP contribution in [0.15, 0.2) is 75.4 Å². The first-order valence-corrected chi connectivity index (χ1v) is 15.4. The van der Waals surface area contributed by atoms with Gasteiger partial charge < -0.3 is 29.6 Å². The summed E-state index contributed by atoms with van der Waals surface area (Å²) in [4.78, 5) is 37.2. The highest BCUT2D eigenvalue weighted by Gasteiger charge is 2.32. The molecular weight excluding hydrogens is 766 g/mol. The van der Waals surface area contributed by atoms with E-state index >= 15 is 0 Å². The van der Waals surface area contributed by atoms with E-state index in [1.165, 1.54) is 19.4 Å². The number of allylic oxidation sites excluding steroid dienone is 1. The largest absolute Gasteiger partial charge is 0.493 e. The van der Waals surface area contributed by atoms with Gasteiger partial charge in [0.1, 0.15) is 18.2 Å². The van der Waals surface area contributed by atoms with E-state index in [1.807, 2.05) is 0 Å². The van der Waals surface area contributed by atoms with E-state index in [4.69, 9.17) is 18.9 Å². The third-order valence-corrected chi connectivity index (χ3v) is 7.79. The molecule has 3 aromatic rings. The Hall–Kier alpha value is -4.18. The first-order valence-electron chi connectivity index (χ1n) is 13.5. The van der Waals surface area contributed by atoms with Gasteiger partial charge in [-0.15, -0.1) is 0 Å². The number of hydrogen-bond acceptors (Lipinski definition) is 8. The Morgan fingerprint density at radius 2 is 1.91 bits per heavy atom. The fourth-order valence-electron chi connectivity index (χ4n) is 4.32. The molecule has 1 atom stereocenters. The number of urea groups is 1. The van der Waals surface area contributed by atoms with Gasteiger partial charge in [-0.3, -0.25) is 4.79 Å². The Labute approximate surface area is 280 Å². The Balaban J connectivity index is 1.36. The van der Waals surface area contributed by atoms with E-state index in [0.29, 0.717) is 32.6 Å². The number of amides is 3. The normalized spacial score (nSPS) is 14.4. The lowest BCUT2D eigenvalue weighted by Gasteiger charge is -2.28. The van der Waals surface area contributed by atoms with Crippen LogP contribution in [0.4, 0.5) is 9.18 Å². The van der Waals surface area contributed by atoms with Crippen LogP contribution in [-0.4, -0.2) is 44.4 Å². The molecule has 1 heterocycles. The smallest absolute Gasteiger partial charge is 0.338 e. The molecule has 0 fully saturated rings. The van der Waals surface area contributed by atoms with Crippen LogP contribution in [0.5, 0.6) is 17.2 Å². The molecule has 3 N–H and O–H groups in total. The summed E-state index contributed by atoms with van der Waals surface area (Å²) in [5.41, 5.74) is 4.72. The molecule has 0 unspecified atom stereocenters. The molecule has 0 saturated heterocycles. The molecule has 236 valence electrons. The molecule has 0 aliphatic carbocycles. The van der Waals surface area contributed by atoms with Crippen molar-refractivity contribution in [1.82, 2.24) is 16.1 Å². The minimum atomic E-state index is -0.783. The number of carbonyl (C=O) groups is 3. The molecular formula is C31H29BrFIN4O7. The molecule has 0 saturated carbocycles. The van der Waals surface area contributed by atoms with Crippen LogP contribution < -0.4 is 30.3 Å². The molecule has 4 rings (SSSR count). The Bertz CT molecular complexity index is 1640. The molecule has 1 aliphatic heterocycles. The Morgan fingerprint density at radius 3 is 2.62 bits per heavy atom. The molecule has 45 heavy (non-hydrogen) atoms. The van der Waals surface area contributed by atoms with Gasteiger partial charge in [-0.1, -0.05) is 24.3 Å². The zero-order valence-electron chi connectivity index (χ0n) is 24.4. The topological polar surface area (TPSA) is 137 Å². The SMILES string of the molecule is CCOC(=O)C1=C(C)NC(=O)N[C@H]1c1ccc(OCC(=O)N/N=C\c2cc(Br)c(OCc3ccccc3F)c(I)c2)c(OC)c1. The van der Waals surface area contributed by atoms with Crippen molar-refractivity contribution in [3.05, 3.63) is 96.4 Å². The number of halogens is 3. The van der Waals surface area contributed by atoms with Gasteiger partial charge in [0, 0.05) is 11.3 Å². The maximum atomic E-state index is 13.9. The zero-order valence-corrected chi connectivity index (χ0v) is 28.2. The summed E-state index contributed by atoms with van der Waals surface area (Å²) < 4.78 is 37.4. The summed E-state index contributed by atoms with van der Waals surface area (Å²) in [5, 5.41) is 9.31. The predicted molar refractivity (Wildman–Crippen MR) is 176 cm³/mol. The first-order chi connectivity index (χ1) is 21.6. The van der Waals surface area contributed by atoms with Gasteiger partial charge in [0.25, 0.3) is 5.91 Å². The van der Waals surface area contributed by atoms with E-state index in [0.717, 1.165) is 3.57 Å². The number of carbonyl (C=O) groups excluding carboxylic acids is 3. The van der Waals surface area contributed by atoms with Crippen LogP contribution in [0.3, 0.4) is 0 Å². The van der Waals surface area contributed by atoms with Crippen molar-refractivity contribution in [2.24, 2.45) is 5.10 Å². The first kappa shape index (κ1) is 33.7. The molecule has 1 aliphatic rings. The molecule has 3 amide bonds. The van der Waals surface area contributed by atoms with Crippen molar-refractivity contribution < 1.29 is 37.7 Å². The lowest BCUT2D eigenvalue weighted by Crippen LogP contribution is -2.45. The van der Waals surface area contributed by atoms with Crippen molar-refractivity contribution in [3.63, 3.8) is 0 Å². The van der Waals surface area contributed by atoms with E-state index in [9.17, 15) is 18.8 Å². The van der Waals surface area contributed by atoms with Gasteiger partial charge in [0.05, 0.1) is 39.6 Å². The molecule has 11 nitrogen and oxygen atoms in total. The van der Waals surface area contributed by atoms with Crippen molar-refractivity contribution in [2.45, 2.75) is 26.5 Å². The minimum absolute atomic E-state index is 0.0677. The van der Waals surface area contributed by atoms with Crippen molar-refractivity contribution in [1.29, 1.82) is 0 Å². The highest BCUT2D eigenvalue weighted by atomic mass is 127. The van der Waals surface area contributed by atoms with Crippen LogP contribution >= 0.6 is 38.5 Å². The summed E-state index contributed by atoms with van der Waals surface area (Å²) in [7, 11) is 1.43. The van der Waals surface area contributed by atoms with Crippen LogP contribution in [0.1, 0.15) is 36.6 Å². The monoisotopic (exact) mass is 794 g/mol. The van der Waals surface area contributed by atoms with Crippen LogP contribution in [0.2, 0.25) is 0 Å². The van der Waals surface area contributed by atoms with E-state index in [-0.39, 0.29) is 42.7 Å². The number of hydrazone groups is 1. The number of hydrogen-bond donors (Lipinski definition) is 3. The third kappa shape index (κ3) is 8.72. The molecule has 0 bridgehead atoms. The fraction of sp³-hybridized carbons (Fsp3) is 0.226. The number of nitrogens with one attached hydrogen (secondary N) is 3. The summed E-state index contributed by atoms with van der Waals surface area (Å²) >= 11 is 5.58. The quantitative estimate of drug-likeness (QED) is 0.0954. The number of nitrogens with zero attached hydrogens (tertiary/aromatic N) is 1. The molecule has 0 spiro atoms. The predicted octanol–water partition coefficient (Wildman–Crippen LogP) is 5.50. The summed E-state index contributed by atoms with van der Waals surface area (Å²) in [6.45, 7) is 3.19. The van der Waals surface area contributed by atoms with E-state index < -0.39 is 23.9 Å². The second-order valence-electron chi connectivity index (χ2n) is 9.48. The van der Waals surface area contributed by atoms with Crippen molar-refractivity contribution >= 4 is 62.6 Å². The number of ether oxygens (including phenoxy) is 4. The highest BCUT2D eigenvalue weighted by Crippen LogP contribution is 2.35. The van der Waals surface area contributed by atoms with Gasteiger partial charge >= 0.3 is 12.0 Å². The second kappa shape index (κ2) is 15.7. The summed E-state index contributed by atoms with van der Waals surface area (Å²) in [6.07, 6.45) is 1.46. The van der Waals surface area contributed by atoms with Gasteiger partial charge in [0.15, 0.2) is 18.1 Å². The van der Waals surface area contributed by atoms with Gasteiger partial charge in [-0.25, -0.2) is 19.4 Å². The molecule has 14 heteroatoms. The number of rotatable bonds is 12. The zero-order chi connectivity index (χ0) is 32.5. The molecule has 0 aromatic heterocycles. The number of methoxy groups -OCH3 is 1. The second-order valence-corrected chi connectivity index (χ2v) is 11.5. The van der Waals surface area contributed by atoms with Crippen LogP contribution in [0.25, 0.3) is 0 Å². The van der Waals surface area contributed by atoms with E-state index in [2.05, 4.69) is 59.7 Å². The standard InChI is InChI=1S/C31H29BrFIN4O7/c1-4-43-30(40)27-17(2)36-31(41)37-28(27)19-9-10-24(25(13-19)42-3)44-16-26(39)38-35-14-18-11-21(32)29(23(34)12-18)45-15-20-7-5-6-8-22(20)33/h5-14,28H,4,15-16H2,1-3H3,(H,38,39)(H2,36,37,41)/b35-14-/t28-/m0/s1. The maximum Gasteiger partial charge on any atom is 0.338 e. The fourth-order valence-corrected chi connectivity index (χ4v) is 6.09. The summed E-state index contributed by atoms with van der Waals surface area (Å²) in [6, 6.07) is 13.5. The van der Waals surface area contributed by atoms with Gasteiger partial charge in [0.2, 0.25) is 0 Å². The van der Waals surface area contributed by atoms with Crippen LogP contribution in [-0.2, 0) is 20.9 Å². The highest BCUT2D eigenvalue weighted by molar-refractivity contribution is 14.1. The van der Waals surface area contributed by atoms with Crippen LogP contribution in [0, 0.1) is 9.39 Å². The van der Waals surface area contributed by atoms with Crippen molar-refractivity contribution in [3.8, 4) is 17.2 Å². The lowest BCUT2D eigenvalue weighted by atomic mass is 9.95. The average molecular weight is 795 g/mol. The lowest BCUT2D eigenvalue weighted by molar-refractivity contribution is -0.139. The average Bonchev–Trinajstić information content (AvgIpc) is 3.00. The number of benzene rings is 3. The van der Waals surface area contributed by atoms with Gasteiger partial charge in [-0.2, -0.15) is 5.10 Å². The molecule has 0 radical (unpaired) electrons.